The molecule has 0 fully saturated rings. The van der Waals surface area contributed by atoms with E-state index in [9.17, 15) is 0 Å². The first-order valence-corrected chi connectivity index (χ1v) is 8.35. The van der Waals surface area contributed by atoms with Crippen molar-refractivity contribution in [3.8, 4) is 16.9 Å². The molecule has 0 amide bonds. The molecule has 0 aliphatic carbocycles. The van der Waals surface area contributed by atoms with Crippen LogP contribution in [0.15, 0.2) is 54.6 Å². The normalized spacial score (nSPS) is 10.7. The average molecular weight is 324 g/mol. The van der Waals surface area contributed by atoms with Gasteiger partial charge in [0.15, 0.2) is 0 Å². The van der Waals surface area contributed by atoms with Crippen LogP contribution >= 0.6 is 11.3 Å². The molecule has 0 spiro atoms. The van der Waals surface area contributed by atoms with Crippen LogP contribution < -0.4 is 16.2 Å². The summed E-state index contributed by atoms with van der Waals surface area (Å²) in [7, 11) is 0. The smallest absolute Gasteiger partial charge is 0.123 e. The highest BCUT2D eigenvalue weighted by Crippen LogP contribution is 2.31. The van der Waals surface area contributed by atoms with Crippen molar-refractivity contribution >= 4 is 16.3 Å². The number of nitrogen functional groups attached to an aromatic ring is 1. The molecule has 0 aliphatic rings. The van der Waals surface area contributed by atoms with Crippen LogP contribution in [0.3, 0.4) is 0 Å². The van der Waals surface area contributed by atoms with Crippen LogP contribution in [0.2, 0.25) is 0 Å². The first kappa shape index (κ1) is 15.6. The lowest BCUT2D eigenvalue weighted by atomic mass is 10.00. The predicted octanol–water partition coefficient (Wildman–Crippen LogP) is 4.34. The Kier molecular flexibility index (Phi) is 4.65. The van der Waals surface area contributed by atoms with Crippen LogP contribution in [0, 0.1) is 6.92 Å². The molecule has 0 unspecified atom stereocenters. The number of ether oxygens (including phenoxy) is 1. The molecule has 0 radical (unpaired) electrons. The van der Waals surface area contributed by atoms with Gasteiger partial charge in [0.05, 0.1) is 5.00 Å². The molecule has 1 heterocycles. The van der Waals surface area contributed by atoms with Crippen molar-refractivity contribution in [2.24, 2.45) is 5.73 Å². The van der Waals surface area contributed by atoms with Gasteiger partial charge in [0, 0.05) is 17.0 Å². The molecular formula is C19H20N2OS. The maximum Gasteiger partial charge on any atom is 0.123 e. The van der Waals surface area contributed by atoms with Crippen molar-refractivity contribution in [1.29, 1.82) is 0 Å². The topological polar surface area (TPSA) is 61.3 Å². The van der Waals surface area contributed by atoms with Crippen LogP contribution in [0.5, 0.6) is 5.75 Å². The molecule has 4 N–H and O–H groups in total. The second-order valence-electron chi connectivity index (χ2n) is 5.39. The highest BCUT2D eigenvalue weighted by atomic mass is 32.1. The Morgan fingerprint density at radius 2 is 1.83 bits per heavy atom. The summed E-state index contributed by atoms with van der Waals surface area (Å²) in [5.41, 5.74) is 16.1. The zero-order valence-corrected chi connectivity index (χ0v) is 13.9. The van der Waals surface area contributed by atoms with Gasteiger partial charge in [-0.25, -0.2) is 0 Å². The molecule has 1 aromatic heterocycles. The number of hydrogen-bond donors (Lipinski definition) is 2. The van der Waals surface area contributed by atoms with E-state index in [1.807, 2.05) is 36.4 Å². The lowest BCUT2D eigenvalue weighted by molar-refractivity contribution is 0.308. The minimum Gasteiger partial charge on any atom is -0.488 e. The minimum atomic E-state index is 0.463. The second-order valence-corrected chi connectivity index (χ2v) is 6.56. The standard InChI is InChI=1S/C19H20N2OS/c1-13-17(14-6-3-2-4-7-14)8-5-9-18(13)22-12-16-10-15(11-20)19(21)23-16/h2-10H,11-12,20-21H2,1H3. The second kappa shape index (κ2) is 6.86. The van der Waals surface area contributed by atoms with Crippen molar-refractivity contribution in [2.75, 3.05) is 5.73 Å². The van der Waals surface area contributed by atoms with Gasteiger partial charge < -0.3 is 16.2 Å². The maximum absolute atomic E-state index is 6.01. The SMILES string of the molecule is Cc1c(OCc2cc(CN)c(N)s2)cccc1-c1ccccc1. The van der Waals surface area contributed by atoms with E-state index < -0.39 is 0 Å². The molecule has 0 saturated carbocycles. The number of hydrogen-bond acceptors (Lipinski definition) is 4. The fourth-order valence-electron chi connectivity index (χ4n) is 2.58. The van der Waals surface area contributed by atoms with Crippen molar-refractivity contribution < 1.29 is 4.74 Å². The van der Waals surface area contributed by atoms with Crippen molar-refractivity contribution in [1.82, 2.24) is 0 Å². The van der Waals surface area contributed by atoms with Crippen LogP contribution in [0.25, 0.3) is 11.1 Å². The molecule has 3 aromatic rings. The molecule has 0 bridgehead atoms. The number of anilines is 1. The fourth-order valence-corrected chi connectivity index (χ4v) is 3.46. The highest BCUT2D eigenvalue weighted by molar-refractivity contribution is 7.16. The monoisotopic (exact) mass is 324 g/mol. The van der Waals surface area contributed by atoms with Gasteiger partial charge in [-0.3, -0.25) is 0 Å². The number of thiophene rings is 1. The Labute approximate surface area is 140 Å². The number of nitrogens with two attached hydrogens (primary N) is 2. The summed E-state index contributed by atoms with van der Waals surface area (Å²) in [4.78, 5) is 1.09. The van der Waals surface area contributed by atoms with E-state index >= 15 is 0 Å². The van der Waals surface area contributed by atoms with Gasteiger partial charge >= 0.3 is 0 Å². The first-order chi connectivity index (χ1) is 11.2. The van der Waals surface area contributed by atoms with Crippen LogP contribution in [0.4, 0.5) is 5.00 Å². The Balaban J connectivity index is 1.81. The van der Waals surface area contributed by atoms with Gasteiger partial charge in [0.25, 0.3) is 0 Å². The van der Waals surface area contributed by atoms with Crippen molar-refractivity contribution in [3.05, 3.63) is 70.6 Å². The third-order valence-electron chi connectivity index (χ3n) is 3.85. The van der Waals surface area contributed by atoms with Gasteiger partial charge in [0.2, 0.25) is 0 Å². The fraction of sp³-hybridized carbons (Fsp3) is 0.158. The first-order valence-electron chi connectivity index (χ1n) is 7.54. The summed E-state index contributed by atoms with van der Waals surface area (Å²) in [6, 6.07) is 18.5. The van der Waals surface area contributed by atoms with E-state index in [4.69, 9.17) is 16.2 Å². The number of benzene rings is 2. The quantitative estimate of drug-likeness (QED) is 0.734. The van der Waals surface area contributed by atoms with Crippen LogP contribution in [-0.4, -0.2) is 0 Å². The summed E-state index contributed by atoms with van der Waals surface area (Å²) in [5.74, 6) is 0.896. The lowest BCUT2D eigenvalue weighted by Crippen LogP contribution is -1.98. The van der Waals surface area contributed by atoms with Gasteiger partial charge in [-0.2, -0.15) is 0 Å². The van der Waals surface area contributed by atoms with Gasteiger partial charge in [-0.15, -0.1) is 11.3 Å². The van der Waals surface area contributed by atoms with E-state index in [1.54, 1.807) is 0 Å². The molecule has 0 aliphatic heterocycles. The molecule has 3 nitrogen and oxygen atoms in total. The Morgan fingerprint density at radius 3 is 2.52 bits per heavy atom. The van der Waals surface area contributed by atoms with Gasteiger partial charge in [-0.1, -0.05) is 42.5 Å². The van der Waals surface area contributed by atoms with Crippen LogP contribution in [-0.2, 0) is 13.2 Å². The third-order valence-corrected chi connectivity index (χ3v) is 4.83. The van der Waals surface area contributed by atoms with Gasteiger partial charge in [0.1, 0.15) is 12.4 Å². The zero-order chi connectivity index (χ0) is 16.2. The van der Waals surface area contributed by atoms with E-state index in [-0.39, 0.29) is 0 Å². The van der Waals surface area contributed by atoms with Crippen molar-refractivity contribution in [3.63, 3.8) is 0 Å². The molecule has 0 atom stereocenters. The Hall–Kier alpha value is -2.30. The molecule has 3 rings (SSSR count). The van der Waals surface area contributed by atoms with E-state index in [2.05, 4.69) is 25.1 Å². The minimum absolute atomic E-state index is 0.463. The van der Waals surface area contributed by atoms with Gasteiger partial charge in [-0.05, 0) is 35.7 Å². The molecule has 23 heavy (non-hydrogen) atoms. The van der Waals surface area contributed by atoms with E-state index in [0.29, 0.717) is 13.2 Å². The van der Waals surface area contributed by atoms with E-state index in [1.165, 1.54) is 22.5 Å². The largest absolute Gasteiger partial charge is 0.488 e. The maximum atomic E-state index is 6.01. The zero-order valence-electron chi connectivity index (χ0n) is 13.1. The lowest BCUT2D eigenvalue weighted by Gasteiger charge is -2.12. The summed E-state index contributed by atoms with van der Waals surface area (Å²) in [5, 5.41) is 0.779. The van der Waals surface area contributed by atoms with E-state index in [0.717, 1.165) is 26.8 Å². The number of rotatable bonds is 5. The Morgan fingerprint density at radius 1 is 1.04 bits per heavy atom. The summed E-state index contributed by atoms with van der Waals surface area (Å²) in [6.07, 6.45) is 0. The third kappa shape index (κ3) is 3.38. The highest BCUT2D eigenvalue weighted by Gasteiger charge is 2.09. The van der Waals surface area contributed by atoms with Crippen LogP contribution in [0.1, 0.15) is 16.0 Å². The predicted molar refractivity (Wildman–Crippen MR) is 97.6 cm³/mol. The molecule has 0 saturated heterocycles. The molecule has 4 heteroatoms. The summed E-state index contributed by atoms with van der Waals surface area (Å²) < 4.78 is 6.01. The summed E-state index contributed by atoms with van der Waals surface area (Å²) >= 11 is 1.54. The molecule has 118 valence electrons. The summed E-state index contributed by atoms with van der Waals surface area (Å²) in [6.45, 7) is 3.06. The molecule has 2 aromatic carbocycles. The van der Waals surface area contributed by atoms with Crippen molar-refractivity contribution in [2.45, 2.75) is 20.1 Å². The molecular weight excluding hydrogens is 304 g/mol. The average Bonchev–Trinajstić information content (AvgIpc) is 2.95. The Bertz CT molecular complexity index is 796.